The fourth-order valence-electron chi connectivity index (χ4n) is 2.71. The maximum absolute atomic E-state index is 12.0. The summed E-state index contributed by atoms with van der Waals surface area (Å²) in [5.41, 5.74) is 1.31. The van der Waals surface area contributed by atoms with Gasteiger partial charge in [0.1, 0.15) is 11.5 Å². The third-order valence-electron chi connectivity index (χ3n) is 4.09. The number of unbranched alkanes of at least 4 members (excludes halogenated alkanes) is 4. The number of ether oxygens (including phenoxy) is 1. The van der Waals surface area contributed by atoms with Crippen LogP contribution in [0.2, 0.25) is 0 Å². The number of hydrogen-bond acceptors (Lipinski definition) is 5. The van der Waals surface area contributed by atoms with Gasteiger partial charge in [-0.1, -0.05) is 44.7 Å². The molecule has 0 unspecified atom stereocenters. The summed E-state index contributed by atoms with van der Waals surface area (Å²) in [5, 5.41) is 1.14. The first-order valence-corrected chi connectivity index (χ1v) is 10.8. The normalized spacial score (nSPS) is 11.7. The summed E-state index contributed by atoms with van der Waals surface area (Å²) in [5.74, 6) is 1.30. The Kier molecular flexibility index (Phi) is 8.28. The van der Waals surface area contributed by atoms with Crippen LogP contribution >= 0.6 is 0 Å². The lowest BCUT2D eigenvalue weighted by Crippen LogP contribution is -2.18. The molecular weight excluding hydrogens is 362 g/mol. The van der Waals surface area contributed by atoms with Gasteiger partial charge in [0.25, 0.3) is 0 Å². The molecule has 27 heavy (non-hydrogen) atoms. The topological polar surface area (TPSA) is 55.8 Å². The van der Waals surface area contributed by atoms with Crippen LogP contribution < -0.4 is 4.74 Å². The standard InChI is InChI=1S/C21H29NO4S/c1-4-5-6-7-8-9-18-10-12-19(13-11-18)25-20-14-16-21(17-15-20)27(23,24)26-22(2)3/h10-17H,4-9H2,1-3H3. The molecule has 0 aliphatic heterocycles. The molecule has 0 bridgehead atoms. The van der Waals surface area contributed by atoms with E-state index in [9.17, 15) is 8.42 Å². The van der Waals surface area contributed by atoms with Crippen LogP contribution in [0.25, 0.3) is 0 Å². The Morgan fingerprint density at radius 2 is 1.37 bits per heavy atom. The Labute approximate surface area is 163 Å². The van der Waals surface area contributed by atoms with E-state index >= 15 is 0 Å². The predicted octanol–water partition coefficient (Wildman–Crippen LogP) is 5.17. The minimum atomic E-state index is -3.80. The molecule has 0 N–H and O–H groups in total. The summed E-state index contributed by atoms with van der Waals surface area (Å²) in [4.78, 5) is 0.0852. The molecule has 2 aromatic rings. The lowest BCUT2D eigenvalue weighted by atomic mass is 10.1. The van der Waals surface area contributed by atoms with Gasteiger partial charge < -0.3 is 4.74 Å². The van der Waals surface area contributed by atoms with Gasteiger partial charge in [0.15, 0.2) is 0 Å². The van der Waals surface area contributed by atoms with E-state index in [-0.39, 0.29) is 4.90 Å². The van der Waals surface area contributed by atoms with Crippen LogP contribution in [0.5, 0.6) is 11.5 Å². The monoisotopic (exact) mass is 391 g/mol. The zero-order valence-electron chi connectivity index (χ0n) is 16.3. The largest absolute Gasteiger partial charge is 0.457 e. The van der Waals surface area contributed by atoms with E-state index in [0.29, 0.717) is 5.75 Å². The fraction of sp³-hybridized carbons (Fsp3) is 0.429. The lowest BCUT2D eigenvalue weighted by molar-refractivity contribution is 0.00514. The van der Waals surface area contributed by atoms with E-state index in [1.807, 2.05) is 12.1 Å². The Morgan fingerprint density at radius 1 is 0.815 bits per heavy atom. The highest BCUT2D eigenvalue weighted by molar-refractivity contribution is 7.86. The van der Waals surface area contributed by atoms with E-state index in [0.717, 1.165) is 17.2 Å². The second kappa shape index (κ2) is 10.4. The van der Waals surface area contributed by atoms with E-state index in [4.69, 9.17) is 9.02 Å². The highest BCUT2D eigenvalue weighted by Crippen LogP contribution is 2.24. The quantitative estimate of drug-likeness (QED) is 0.390. The molecule has 0 aliphatic rings. The van der Waals surface area contributed by atoms with Crippen molar-refractivity contribution >= 4 is 10.1 Å². The van der Waals surface area contributed by atoms with Crippen molar-refractivity contribution in [2.45, 2.75) is 50.3 Å². The minimum absolute atomic E-state index is 0.0852. The van der Waals surface area contributed by atoms with Gasteiger partial charge in [-0.2, -0.15) is 17.8 Å². The molecule has 0 heterocycles. The van der Waals surface area contributed by atoms with Gasteiger partial charge in [-0.3, -0.25) is 0 Å². The van der Waals surface area contributed by atoms with E-state index in [1.165, 1.54) is 63.9 Å². The number of nitrogens with zero attached hydrogens (tertiary/aromatic N) is 1. The van der Waals surface area contributed by atoms with E-state index in [2.05, 4.69) is 19.1 Å². The second-order valence-electron chi connectivity index (χ2n) is 6.72. The fourth-order valence-corrected chi connectivity index (χ4v) is 3.65. The molecule has 148 valence electrons. The Bertz CT molecular complexity index is 784. The zero-order chi connectivity index (χ0) is 19.7. The van der Waals surface area contributed by atoms with Crippen molar-refractivity contribution in [1.29, 1.82) is 0 Å². The predicted molar refractivity (Wildman–Crippen MR) is 107 cm³/mol. The first-order chi connectivity index (χ1) is 12.9. The number of hydroxylamine groups is 2. The van der Waals surface area contributed by atoms with Crippen molar-refractivity contribution in [3.63, 3.8) is 0 Å². The molecule has 6 heteroatoms. The first kappa shape index (κ1) is 21.4. The molecule has 0 aliphatic carbocycles. The Balaban J connectivity index is 1.90. The molecule has 0 radical (unpaired) electrons. The van der Waals surface area contributed by atoms with Gasteiger partial charge in [-0.05, 0) is 54.8 Å². The summed E-state index contributed by atoms with van der Waals surface area (Å²) in [6, 6.07) is 14.2. The minimum Gasteiger partial charge on any atom is -0.457 e. The summed E-state index contributed by atoms with van der Waals surface area (Å²) in [6.07, 6.45) is 7.46. The van der Waals surface area contributed by atoms with Gasteiger partial charge in [-0.15, -0.1) is 0 Å². The third kappa shape index (κ3) is 7.33. The van der Waals surface area contributed by atoms with Gasteiger partial charge >= 0.3 is 10.1 Å². The number of rotatable bonds is 11. The van der Waals surface area contributed by atoms with Gasteiger partial charge in [-0.25, -0.2) is 0 Å². The molecule has 0 saturated carbocycles. The summed E-state index contributed by atoms with van der Waals surface area (Å²) < 4.78 is 34.6. The highest BCUT2D eigenvalue weighted by Gasteiger charge is 2.16. The molecule has 0 spiro atoms. The van der Waals surface area contributed by atoms with Crippen molar-refractivity contribution in [2.24, 2.45) is 0 Å². The molecule has 0 amide bonds. The SMILES string of the molecule is CCCCCCCc1ccc(Oc2ccc(S(=O)(=O)ON(C)C)cc2)cc1. The zero-order valence-corrected chi connectivity index (χ0v) is 17.2. The number of benzene rings is 2. The molecule has 0 aromatic heterocycles. The van der Waals surface area contributed by atoms with Crippen molar-refractivity contribution in [3.05, 3.63) is 54.1 Å². The highest BCUT2D eigenvalue weighted by atomic mass is 32.2. The first-order valence-electron chi connectivity index (χ1n) is 9.39. The van der Waals surface area contributed by atoms with Crippen molar-refractivity contribution in [2.75, 3.05) is 14.1 Å². The average Bonchev–Trinajstić information content (AvgIpc) is 2.62. The molecule has 2 rings (SSSR count). The summed E-state index contributed by atoms with van der Waals surface area (Å²) in [7, 11) is -0.764. The third-order valence-corrected chi connectivity index (χ3v) is 5.43. The van der Waals surface area contributed by atoms with Crippen molar-refractivity contribution in [3.8, 4) is 11.5 Å². The second-order valence-corrected chi connectivity index (χ2v) is 8.25. The maximum Gasteiger partial charge on any atom is 0.313 e. The lowest BCUT2D eigenvalue weighted by Gasteiger charge is -2.11. The molecule has 0 fully saturated rings. The molecule has 2 aromatic carbocycles. The van der Waals surface area contributed by atoms with Crippen LogP contribution in [-0.2, 0) is 20.8 Å². The van der Waals surface area contributed by atoms with Crippen molar-refractivity contribution in [1.82, 2.24) is 5.06 Å². The van der Waals surface area contributed by atoms with Crippen LogP contribution in [-0.4, -0.2) is 27.6 Å². The average molecular weight is 392 g/mol. The molecule has 5 nitrogen and oxygen atoms in total. The number of aryl methyl sites for hydroxylation is 1. The smallest absolute Gasteiger partial charge is 0.313 e. The van der Waals surface area contributed by atoms with Gasteiger partial charge in [0.05, 0.1) is 4.90 Å². The summed E-state index contributed by atoms with van der Waals surface area (Å²) >= 11 is 0. The van der Waals surface area contributed by atoms with Crippen LogP contribution in [0.15, 0.2) is 53.4 Å². The van der Waals surface area contributed by atoms with Gasteiger partial charge in [0, 0.05) is 14.1 Å². The van der Waals surface area contributed by atoms with Gasteiger partial charge in [0.2, 0.25) is 0 Å². The number of hydrogen-bond donors (Lipinski definition) is 0. The molecule has 0 saturated heterocycles. The van der Waals surface area contributed by atoms with E-state index in [1.54, 1.807) is 12.1 Å². The van der Waals surface area contributed by atoms with Crippen LogP contribution in [0, 0.1) is 0 Å². The van der Waals surface area contributed by atoms with E-state index < -0.39 is 10.1 Å². The Morgan fingerprint density at radius 3 is 1.93 bits per heavy atom. The molecule has 0 atom stereocenters. The van der Waals surface area contributed by atoms with Crippen molar-refractivity contribution < 1.29 is 17.4 Å². The van der Waals surface area contributed by atoms with Crippen LogP contribution in [0.3, 0.4) is 0 Å². The van der Waals surface area contributed by atoms with Crippen LogP contribution in [0.1, 0.15) is 44.6 Å². The maximum atomic E-state index is 12.0. The summed E-state index contributed by atoms with van der Waals surface area (Å²) in [6.45, 7) is 2.22. The molecular formula is C21H29NO4S. The van der Waals surface area contributed by atoms with Crippen LogP contribution in [0.4, 0.5) is 0 Å². The Hall–Kier alpha value is -1.89.